The Morgan fingerprint density at radius 3 is 2.06 bits per heavy atom. The van der Waals surface area contributed by atoms with Crippen molar-refractivity contribution >= 4 is 29.6 Å². The van der Waals surface area contributed by atoms with Gasteiger partial charge in [-0.15, -0.1) is 0 Å². The van der Waals surface area contributed by atoms with Gasteiger partial charge in [0.2, 0.25) is 23.6 Å². The van der Waals surface area contributed by atoms with Crippen molar-refractivity contribution < 1.29 is 39.3 Å². The van der Waals surface area contributed by atoms with E-state index in [1.54, 1.807) is 0 Å². The highest BCUT2D eigenvalue weighted by Crippen LogP contribution is 2.12. The number of primary amides is 1. The fraction of sp³-hybridized carbons (Fsp3) is 0.421. The molecule has 10 N–H and O–H groups in total. The zero-order valence-corrected chi connectivity index (χ0v) is 17.1. The highest BCUT2D eigenvalue weighted by molar-refractivity contribution is 5.94. The number of carbonyl (C=O) groups excluding carboxylic acids is 4. The molecule has 0 saturated heterocycles. The average Bonchev–Trinajstić information content (AvgIpc) is 2.74. The first kappa shape index (κ1) is 26.3. The SMILES string of the molecule is NC(=O)CCC(NC(=O)C(N)CO)C(=O)NC(Cc1ccc(O)cc1)C(=O)NCC(=O)O. The second kappa shape index (κ2) is 12.9. The lowest BCUT2D eigenvalue weighted by Gasteiger charge is -2.24. The Morgan fingerprint density at radius 1 is 0.938 bits per heavy atom. The third kappa shape index (κ3) is 9.40. The van der Waals surface area contributed by atoms with Crippen LogP contribution in [-0.2, 0) is 30.4 Å². The number of hydrogen-bond donors (Lipinski definition) is 8. The smallest absolute Gasteiger partial charge is 0.322 e. The molecule has 1 aromatic carbocycles. The molecule has 1 aromatic rings. The van der Waals surface area contributed by atoms with Crippen LogP contribution in [-0.4, -0.2) is 76.2 Å². The molecular weight excluding hydrogens is 426 g/mol. The van der Waals surface area contributed by atoms with E-state index in [9.17, 15) is 29.1 Å². The second-order valence-corrected chi connectivity index (χ2v) is 6.90. The van der Waals surface area contributed by atoms with Gasteiger partial charge in [0.1, 0.15) is 30.4 Å². The first-order chi connectivity index (χ1) is 15.0. The van der Waals surface area contributed by atoms with E-state index in [2.05, 4.69) is 16.0 Å². The number of hydrogen-bond acceptors (Lipinski definition) is 8. The summed E-state index contributed by atoms with van der Waals surface area (Å²) in [6.45, 7) is -1.37. The lowest BCUT2D eigenvalue weighted by atomic mass is 10.0. The number of carboxylic acid groups (broad SMARTS) is 1. The first-order valence-corrected chi connectivity index (χ1v) is 9.56. The van der Waals surface area contributed by atoms with Crippen molar-refractivity contribution in [1.82, 2.24) is 16.0 Å². The Kier molecular flexibility index (Phi) is 10.6. The maximum absolute atomic E-state index is 12.8. The van der Waals surface area contributed by atoms with Gasteiger partial charge < -0.3 is 42.7 Å². The van der Waals surface area contributed by atoms with Crippen LogP contribution in [0.4, 0.5) is 0 Å². The highest BCUT2D eigenvalue weighted by Gasteiger charge is 2.28. The van der Waals surface area contributed by atoms with Crippen LogP contribution in [0.5, 0.6) is 5.75 Å². The number of rotatable bonds is 13. The molecule has 176 valence electrons. The number of aliphatic hydroxyl groups is 1. The quantitative estimate of drug-likeness (QED) is 0.149. The minimum atomic E-state index is -1.31. The molecule has 0 saturated carbocycles. The maximum atomic E-state index is 12.8. The Labute approximate surface area is 183 Å². The summed E-state index contributed by atoms with van der Waals surface area (Å²) in [6, 6.07) is 1.89. The zero-order chi connectivity index (χ0) is 24.3. The number of phenolic OH excluding ortho intramolecular Hbond substituents is 1. The highest BCUT2D eigenvalue weighted by atomic mass is 16.4. The van der Waals surface area contributed by atoms with Gasteiger partial charge in [-0.2, -0.15) is 0 Å². The zero-order valence-electron chi connectivity index (χ0n) is 17.1. The maximum Gasteiger partial charge on any atom is 0.322 e. The Bertz CT molecular complexity index is 830. The summed E-state index contributed by atoms with van der Waals surface area (Å²) in [6.07, 6.45) is -0.529. The first-order valence-electron chi connectivity index (χ1n) is 9.56. The molecule has 32 heavy (non-hydrogen) atoms. The van der Waals surface area contributed by atoms with E-state index < -0.39 is 60.9 Å². The average molecular weight is 453 g/mol. The van der Waals surface area contributed by atoms with Crippen LogP contribution in [0.1, 0.15) is 18.4 Å². The number of aliphatic carboxylic acids is 1. The summed E-state index contributed by atoms with van der Waals surface area (Å²) in [5.41, 5.74) is 11.1. The van der Waals surface area contributed by atoms with Gasteiger partial charge in [-0.3, -0.25) is 24.0 Å². The van der Waals surface area contributed by atoms with Crippen LogP contribution in [0.15, 0.2) is 24.3 Å². The van der Waals surface area contributed by atoms with Crippen molar-refractivity contribution in [2.45, 2.75) is 37.4 Å². The standard InChI is InChI=1S/C19H27N5O8/c20-12(9-25)17(30)23-13(5-6-15(21)27)19(32)24-14(18(31)22-8-16(28)29)7-10-1-3-11(26)4-2-10/h1-4,12-14,25-26H,5-9,20H2,(H2,21,27)(H,22,31)(H,23,30)(H,24,32)(H,28,29). The number of nitrogens with two attached hydrogens (primary N) is 2. The van der Waals surface area contributed by atoms with Crippen molar-refractivity contribution in [2.24, 2.45) is 11.5 Å². The fourth-order valence-corrected chi connectivity index (χ4v) is 2.55. The van der Waals surface area contributed by atoms with Crippen LogP contribution < -0.4 is 27.4 Å². The van der Waals surface area contributed by atoms with Crippen molar-refractivity contribution in [3.63, 3.8) is 0 Å². The number of amides is 4. The van der Waals surface area contributed by atoms with E-state index in [1.807, 2.05) is 0 Å². The molecule has 4 amide bonds. The number of carboxylic acids is 1. The number of aliphatic hydroxyl groups excluding tert-OH is 1. The minimum Gasteiger partial charge on any atom is -0.508 e. The van der Waals surface area contributed by atoms with E-state index in [0.29, 0.717) is 5.56 Å². The van der Waals surface area contributed by atoms with Gasteiger partial charge in [0.05, 0.1) is 6.61 Å². The summed E-state index contributed by atoms with van der Waals surface area (Å²) >= 11 is 0. The summed E-state index contributed by atoms with van der Waals surface area (Å²) in [4.78, 5) is 59.1. The molecule has 0 bridgehead atoms. The molecule has 3 unspecified atom stereocenters. The molecule has 13 nitrogen and oxygen atoms in total. The molecule has 0 spiro atoms. The summed E-state index contributed by atoms with van der Waals surface area (Å²) < 4.78 is 0. The van der Waals surface area contributed by atoms with Crippen molar-refractivity contribution in [2.75, 3.05) is 13.2 Å². The largest absolute Gasteiger partial charge is 0.508 e. The van der Waals surface area contributed by atoms with Crippen LogP contribution in [0.2, 0.25) is 0 Å². The van der Waals surface area contributed by atoms with E-state index in [1.165, 1.54) is 24.3 Å². The van der Waals surface area contributed by atoms with Crippen LogP contribution in [0.25, 0.3) is 0 Å². The molecule has 0 aliphatic heterocycles. The van der Waals surface area contributed by atoms with Gasteiger partial charge >= 0.3 is 5.97 Å². The summed E-state index contributed by atoms with van der Waals surface area (Å²) in [5.74, 6) is -4.55. The third-order valence-electron chi connectivity index (χ3n) is 4.27. The molecule has 0 heterocycles. The molecule has 0 aliphatic rings. The van der Waals surface area contributed by atoms with Gasteiger partial charge in [0, 0.05) is 12.8 Å². The normalized spacial score (nSPS) is 13.3. The molecule has 0 aliphatic carbocycles. The molecule has 0 fully saturated rings. The minimum absolute atomic E-state index is 0.0147. The van der Waals surface area contributed by atoms with Gasteiger partial charge in [-0.1, -0.05) is 12.1 Å². The molecule has 13 heteroatoms. The molecule has 0 radical (unpaired) electrons. The Balaban J connectivity index is 3.03. The van der Waals surface area contributed by atoms with E-state index >= 15 is 0 Å². The van der Waals surface area contributed by atoms with Crippen LogP contribution >= 0.6 is 0 Å². The third-order valence-corrected chi connectivity index (χ3v) is 4.27. The van der Waals surface area contributed by atoms with E-state index in [-0.39, 0.29) is 25.0 Å². The van der Waals surface area contributed by atoms with Crippen molar-refractivity contribution in [3.8, 4) is 5.75 Å². The summed E-state index contributed by atoms with van der Waals surface area (Å²) in [7, 11) is 0. The topological polar surface area (TPSA) is 234 Å². The molecule has 3 atom stereocenters. The van der Waals surface area contributed by atoms with E-state index in [0.717, 1.165) is 0 Å². The number of nitrogens with one attached hydrogen (secondary N) is 3. The number of phenols is 1. The Hall–Kier alpha value is -3.71. The Morgan fingerprint density at radius 2 is 1.53 bits per heavy atom. The van der Waals surface area contributed by atoms with Gasteiger partial charge in [-0.25, -0.2) is 0 Å². The molecular formula is C19H27N5O8. The lowest BCUT2D eigenvalue weighted by molar-refractivity contribution is -0.138. The molecule has 0 aromatic heterocycles. The van der Waals surface area contributed by atoms with Crippen LogP contribution in [0.3, 0.4) is 0 Å². The monoisotopic (exact) mass is 453 g/mol. The number of aromatic hydroxyl groups is 1. The number of benzene rings is 1. The summed E-state index contributed by atoms with van der Waals surface area (Å²) in [5, 5.41) is 34.0. The van der Waals surface area contributed by atoms with Gasteiger partial charge in [0.25, 0.3) is 0 Å². The van der Waals surface area contributed by atoms with Crippen molar-refractivity contribution in [1.29, 1.82) is 0 Å². The predicted octanol–water partition coefficient (Wildman–Crippen LogP) is -3.31. The van der Waals surface area contributed by atoms with Crippen LogP contribution in [0, 0.1) is 0 Å². The van der Waals surface area contributed by atoms with E-state index in [4.69, 9.17) is 21.7 Å². The van der Waals surface area contributed by atoms with Crippen molar-refractivity contribution in [3.05, 3.63) is 29.8 Å². The lowest BCUT2D eigenvalue weighted by Crippen LogP contribution is -2.57. The van der Waals surface area contributed by atoms with Gasteiger partial charge in [-0.05, 0) is 24.1 Å². The predicted molar refractivity (Wildman–Crippen MR) is 110 cm³/mol. The fourth-order valence-electron chi connectivity index (χ4n) is 2.55. The number of carbonyl (C=O) groups is 5. The van der Waals surface area contributed by atoms with Gasteiger partial charge in [0.15, 0.2) is 0 Å². The second-order valence-electron chi connectivity index (χ2n) is 6.90. The molecule has 1 rings (SSSR count).